The highest BCUT2D eigenvalue weighted by Crippen LogP contribution is 2.20. The van der Waals surface area contributed by atoms with E-state index in [2.05, 4.69) is 10.5 Å². The third-order valence-electron chi connectivity index (χ3n) is 4.13. The number of ether oxygens (including phenoxy) is 2. The number of carbonyl (C=O) groups excluding carboxylic acids is 2. The SMILES string of the molecule is COc1cc(C)ccc1C(=O)N/N=C\c1cccc(OC(=O)c2ccc(Cl)cc2)c1. The average molecular weight is 423 g/mol. The van der Waals surface area contributed by atoms with Crippen LogP contribution in [0.25, 0.3) is 0 Å². The molecule has 0 aliphatic carbocycles. The number of hydrogen-bond acceptors (Lipinski definition) is 5. The van der Waals surface area contributed by atoms with Crippen LogP contribution in [0.3, 0.4) is 0 Å². The number of nitrogens with one attached hydrogen (secondary N) is 1. The van der Waals surface area contributed by atoms with E-state index >= 15 is 0 Å². The minimum atomic E-state index is -0.500. The second-order valence-electron chi connectivity index (χ2n) is 6.37. The Morgan fingerprint density at radius 3 is 2.53 bits per heavy atom. The molecule has 3 aromatic rings. The molecule has 0 saturated heterocycles. The van der Waals surface area contributed by atoms with Crippen molar-refractivity contribution in [1.29, 1.82) is 0 Å². The fourth-order valence-electron chi connectivity index (χ4n) is 2.62. The Morgan fingerprint density at radius 2 is 1.80 bits per heavy atom. The van der Waals surface area contributed by atoms with Gasteiger partial charge in [-0.1, -0.05) is 29.8 Å². The minimum absolute atomic E-state index is 0.352. The molecule has 0 fully saturated rings. The van der Waals surface area contributed by atoms with E-state index in [9.17, 15) is 9.59 Å². The Bertz CT molecular complexity index is 1090. The van der Waals surface area contributed by atoms with Crippen LogP contribution in [0.2, 0.25) is 5.02 Å². The Kier molecular flexibility index (Phi) is 6.83. The van der Waals surface area contributed by atoms with Gasteiger partial charge in [-0.25, -0.2) is 10.2 Å². The molecule has 152 valence electrons. The molecule has 0 spiro atoms. The third-order valence-corrected chi connectivity index (χ3v) is 4.38. The number of benzene rings is 3. The maximum absolute atomic E-state index is 12.3. The largest absolute Gasteiger partial charge is 0.496 e. The molecule has 0 bridgehead atoms. The summed E-state index contributed by atoms with van der Waals surface area (Å²) in [5.74, 6) is -0.0711. The van der Waals surface area contributed by atoms with Crippen molar-refractivity contribution < 1.29 is 19.1 Å². The minimum Gasteiger partial charge on any atom is -0.496 e. The van der Waals surface area contributed by atoms with E-state index < -0.39 is 11.9 Å². The molecule has 0 atom stereocenters. The van der Waals surface area contributed by atoms with Crippen LogP contribution < -0.4 is 14.9 Å². The highest BCUT2D eigenvalue weighted by Gasteiger charge is 2.11. The van der Waals surface area contributed by atoms with Crippen molar-refractivity contribution in [2.24, 2.45) is 5.10 Å². The zero-order chi connectivity index (χ0) is 21.5. The Hall–Kier alpha value is -3.64. The van der Waals surface area contributed by atoms with Crippen LogP contribution >= 0.6 is 11.6 Å². The van der Waals surface area contributed by atoms with Crippen LogP contribution in [0.4, 0.5) is 0 Å². The predicted octanol–water partition coefficient (Wildman–Crippen LogP) is 4.64. The van der Waals surface area contributed by atoms with Crippen LogP contribution in [0, 0.1) is 6.92 Å². The Morgan fingerprint density at radius 1 is 1.03 bits per heavy atom. The first-order valence-corrected chi connectivity index (χ1v) is 9.40. The van der Waals surface area contributed by atoms with Gasteiger partial charge in [-0.3, -0.25) is 4.79 Å². The molecular weight excluding hydrogens is 404 g/mol. The maximum atomic E-state index is 12.3. The van der Waals surface area contributed by atoms with E-state index in [1.165, 1.54) is 13.3 Å². The molecule has 0 aliphatic rings. The van der Waals surface area contributed by atoms with Crippen LogP contribution in [-0.4, -0.2) is 25.2 Å². The molecule has 1 amide bonds. The van der Waals surface area contributed by atoms with Gasteiger partial charge in [0.2, 0.25) is 0 Å². The summed E-state index contributed by atoms with van der Waals surface area (Å²) >= 11 is 5.83. The number of esters is 1. The summed E-state index contributed by atoms with van der Waals surface area (Å²) in [5.41, 5.74) is 4.86. The van der Waals surface area contributed by atoms with Gasteiger partial charge in [0, 0.05) is 5.02 Å². The molecule has 0 aromatic heterocycles. The lowest BCUT2D eigenvalue weighted by Crippen LogP contribution is -2.18. The van der Waals surface area contributed by atoms with Gasteiger partial charge in [-0.15, -0.1) is 0 Å². The van der Waals surface area contributed by atoms with Gasteiger partial charge in [0.1, 0.15) is 11.5 Å². The summed E-state index contributed by atoms with van der Waals surface area (Å²) in [6, 6.07) is 18.5. The standard InChI is InChI=1S/C23H19ClN2O4/c1-15-6-11-20(21(12-15)29-2)22(27)26-25-14-16-4-3-5-19(13-16)30-23(28)17-7-9-18(24)10-8-17/h3-14H,1-2H3,(H,26,27)/b25-14-. The van der Waals surface area contributed by atoms with Crippen LogP contribution in [0.5, 0.6) is 11.5 Å². The van der Waals surface area contributed by atoms with Gasteiger partial charge in [-0.05, 0) is 66.6 Å². The molecule has 3 aromatic carbocycles. The number of aryl methyl sites for hydroxylation is 1. The zero-order valence-electron chi connectivity index (χ0n) is 16.4. The highest BCUT2D eigenvalue weighted by atomic mass is 35.5. The first kappa shape index (κ1) is 21.1. The molecule has 7 heteroatoms. The summed E-state index contributed by atoms with van der Waals surface area (Å²) in [5, 5.41) is 4.51. The molecular formula is C23H19ClN2O4. The summed E-state index contributed by atoms with van der Waals surface area (Å²) in [4.78, 5) is 24.5. The Labute approximate surface area is 179 Å². The van der Waals surface area contributed by atoms with Gasteiger partial charge in [0.15, 0.2) is 0 Å². The van der Waals surface area contributed by atoms with Crippen molar-refractivity contribution in [3.63, 3.8) is 0 Å². The van der Waals surface area contributed by atoms with Crippen molar-refractivity contribution in [3.05, 3.63) is 94.0 Å². The van der Waals surface area contributed by atoms with Gasteiger partial charge < -0.3 is 9.47 Å². The van der Waals surface area contributed by atoms with Crippen LogP contribution in [0.1, 0.15) is 31.8 Å². The summed E-state index contributed by atoms with van der Waals surface area (Å²) in [7, 11) is 1.51. The van der Waals surface area contributed by atoms with Gasteiger partial charge >= 0.3 is 5.97 Å². The topological polar surface area (TPSA) is 77.0 Å². The smallest absolute Gasteiger partial charge is 0.343 e. The molecule has 0 unspecified atom stereocenters. The Balaban J connectivity index is 1.65. The van der Waals surface area contributed by atoms with Gasteiger partial charge in [0.05, 0.1) is 24.5 Å². The summed E-state index contributed by atoms with van der Waals surface area (Å²) in [6.07, 6.45) is 1.46. The van der Waals surface area contributed by atoms with E-state index in [4.69, 9.17) is 21.1 Å². The number of amides is 1. The normalized spacial score (nSPS) is 10.6. The molecule has 3 rings (SSSR count). The fraction of sp³-hybridized carbons (Fsp3) is 0.0870. The maximum Gasteiger partial charge on any atom is 0.343 e. The van der Waals surface area contributed by atoms with Gasteiger partial charge in [0.25, 0.3) is 5.91 Å². The molecule has 0 radical (unpaired) electrons. The van der Waals surface area contributed by atoms with Crippen molar-refractivity contribution in [2.45, 2.75) is 6.92 Å². The van der Waals surface area contributed by atoms with Crippen LogP contribution in [0.15, 0.2) is 71.8 Å². The zero-order valence-corrected chi connectivity index (χ0v) is 17.1. The van der Waals surface area contributed by atoms with Gasteiger partial charge in [-0.2, -0.15) is 5.10 Å². The fourth-order valence-corrected chi connectivity index (χ4v) is 2.75. The quantitative estimate of drug-likeness (QED) is 0.272. The molecule has 0 aliphatic heterocycles. The lowest BCUT2D eigenvalue weighted by atomic mass is 10.1. The number of carbonyl (C=O) groups is 2. The predicted molar refractivity (Wildman–Crippen MR) is 116 cm³/mol. The van der Waals surface area contributed by atoms with E-state index in [1.807, 2.05) is 13.0 Å². The van der Waals surface area contributed by atoms with E-state index in [0.717, 1.165) is 5.56 Å². The van der Waals surface area contributed by atoms with Crippen molar-refractivity contribution in [3.8, 4) is 11.5 Å². The van der Waals surface area contributed by atoms with E-state index in [1.54, 1.807) is 60.7 Å². The number of nitrogens with zero attached hydrogens (tertiary/aromatic N) is 1. The lowest BCUT2D eigenvalue weighted by Gasteiger charge is -2.08. The van der Waals surface area contributed by atoms with Crippen molar-refractivity contribution in [2.75, 3.05) is 7.11 Å². The lowest BCUT2D eigenvalue weighted by molar-refractivity contribution is 0.0734. The monoisotopic (exact) mass is 422 g/mol. The van der Waals surface area contributed by atoms with E-state index in [0.29, 0.717) is 33.2 Å². The molecule has 6 nitrogen and oxygen atoms in total. The molecule has 0 saturated carbocycles. The summed E-state index contributed by atoms with van der Waals surface area (Å²) in [6.45, 7) is 1.91. The number of hydrazone groups is 1. The van der Waals surface area contributed by atoms with Crippen molar-refractivity contribution in [1.82, 2.24) is 5.43 Å². The second-order valence-corrected chi connectivity index (χ2v) is 6.81. The molecule has 0 heterocycles. The highest BCUT2D eigenvalue weighted by molar-refractivity contribution is 6.30. The first-order valence-electron chi connectivity index (χ1n) is 9.02. The van der Waals surface area contributed by atoms with Crippen molar-refractivity contribution >= 4 is 29.7 Å². The van der Waals surface area contributed by atoms with Crippen LogP contribution in [-0.2, 0) is 0 Å². The second kappa shape index (κ2) is 9.71. The number of rotatable bonds is 6. The first-order chi connectivity index (χ1) is 14.5. The molecule has 30 heavy (non-hydrogen) atoms. The average Bonchev–Trinajstić information content (AvgIpc) is 2.74. The third kappa shape index (κ3) is 5.46. The molecule has 1 N–H and O–H groups in total. The number of hydrogen-bond donors (Lipinski definition) is 1. The number of halogens is 1. The van der Waals surface area contributed by atoms with E-state index in [-0.39, 0.29) is 0 Å². The number of methoxy groups -OCH3 is 1. The summed E-state index contributed by atoms with van der Waals surface area (Å²) < 4.78 is 10.6.